The van der Waals surface area contributed by atoms with E-state index in [9.17, 15) is 4.79 Å². The Hall–Kier alpha value is -0.718. The van der Waals surface area contributed by atoms with Gasteiger partial charge in [-0.05, 0) is 12.1 Å². The molecule has 12 heavy (non-hydrogen) atoms. The smallest absolute Gasteiger partial charge is 0.477 e. The van der Waals surface area contributed by atoms with E-state index in [0.29, 0.717) is 0 Å². The number of rotatable bonds is 1. The molecule has 0 aromatic carbocycles. The summed E-state index contributed by atoms with van der Waals surface area (Å²) in [6.07, 6.45) is 1.45. The van der Waals surface area contributed by atoms with Crippen molar-refractivity contribution in [2.24, 2.45) is 0 Å². The molecule has 0 fully saturated rings. The number of aromatic nitrogens is 1. The van der Waals surface area contributed by atoms with Gasteiger partial charge in [0.2, 0.25) is 0 Å². The normalized spacial score (nSPS) is 6.67. The van der Waals surface area contributed by atoms with Crippen molar-refractivity contribution in [3.8, 4) is 0 Å². The molecule has 0 aliphatic heterocycles. The minimum atomic E-state index is -0.990. The summed E-state index contributed by atoms with van der Waals surface area (Å²) in [7, 11) is 0. The molecule has 1 aromatic heterocycles. The van der Waals surface area contributed by atoms with E-state index < -0.39 is 5.97 Å². The van der Waals surface area contributed by atoms with Gasteiger partial charge in [-0.25, -0.2) is 9.78 Å². The van der Waals surface area contributed by atoms with Crippen LogP contribution < -0.4 is 0 Å². The number of aromatic carboxylic acids is 1. The molecule has 0 saturated carbocycles. The van der Waals surface area contributed by atoms with E-state index >= 15 is 0 Å². The quantitative estimate of drug-likeness (QED) is 0.617. The van der Waals surface area contributed by atoms with E-state index in [-0.39, 0.29) is 41.0 Å². The molecule has 0 atom stereocenters. The molecule has 0 unspecified atom stereocenters. The Morgan fingerprint density at radius 3 is 2.17 bits per heavy atom. The number of carbonyl (C=O) groups is 1. The molecule has 1 N–H and O–H groups in total. The van der Waals surface area contributed by atoms with Gasteiger partial charge >= 0.3 is 26.4 Å². The first-order valence-corrected chi connectivity index (χ1v) is 2.45. The van der Waals surface area contributed by atoms with Crippen LogP contribution in [0.2, 0.25) is 0 Å². The minimum Gasteiger partial charge on any atom is -0.477 e. The van der Waals surface area contributed by atoms with Crippen LogP contribution in [0, 0.1) is 14.9 Å². The van der Waals surface area contributed by atoms with Crippen molar-refractivity contribution in [3.05, 3.63) is 44.9 Å². The molecule has 0 aliphatic rings. The van der Waals surface area contributed by atoms with E-state index in [1.54, 1.807) is 12.1 Å². The average molecular weight is 260 g/mol. The van der Waals surface area contributed by atoms with Gasteiger partial charge in [0.15, 0.2) is 0 Å². The van der Waals surface area contributed by atoms with Crippen molar-refractivity contribution in [3.63, 3.8) is 0 Å². The van der Waals surface area contributed by atoms with Gasteiger partial charge in [-0.15, -0.1) is 0 Å². The summed E-state index contributed by atoms with van der Waals surface area (Å²) in [5, 5.41) is 8.32. The van der Waals surface area contributed by atoms with Crippen LogP contribution in [0.5, 0.6) is 0 Å². The van der Waals surface area contributed by atoms with E-state index in [1.807, 2.05) is 0 Å². The number of hydrogen-bond donors (Lipinski definition) is 1. The average Bonchev–Trinajstić information content (AvgIpc) is 1.90. The molecule has 0 amide bonds. The van der Waals surface area contributed by atoms with E-state index in [4.69, 9.17) is 5.11 Å². The molecule has 1 aromatic rings. The molecular weight excluding hydrogens is 249 g/mol. The summed E-state index contributed by atoms with van der Waals surface area (Å²) in [4.78, 5) is 13.7. The van der Waals surface area contributed by atoms with Gasteiger partial charge in [-0.3, -0.25) is 0 Å². The number of hydrogen-bond acceptors (Lipinski definition) is 2. The van der Waals surface area contributed by atoms with E-state index in [2.05, 4.69) is 4.98 Å². The van der Waals surface area contributed by atoms with Crippen LogP contribution in [0.1, 0.15) is 10.5 Å². The van der Waals surface area contributed by atoms with Crippen molar-refractivity contribution >= 4 is 5.97 Å². The Labute approximate surface area is 86.5 Å². The van der Waals surface area contributed by atoms with Crippen molar-refractivity contribution in [2.75, 3.05) is 0 Å². The zero-order valence-corrected chi connectivity index (χ0v) is 8.48. The first-order chi connectivity index (χ1) is 4.30. The largest absolute Gasteiger partial charge is 2.00 e. The van der Waals surface area contributed by atoms with Gasteiger partial charge in [0, 0.05) is 6.20 Å². The topological polar surface area (TPSA) is 50.2 Å². The van der Waals surface area contributed by atoms with Crippen LogP contribution in [0.15, 0.2) is 24.4 Å². The van der Waals surface area contributed by atoms with Crippen molar-refractivity contribution in [2.45, 2.75) is 0 Å². The number of carboxylic acids is 1. The summed E-state index contributed by atoms with van der Waals surface area (Å²) in [5.41, 5.74) is 0.0810. The summed E-state index contributed by atoms with van der Waals surface area (Å²) in [5.74, 6) is -0.990. The van der Waals surface area contributed by atoms with Crippen molar-refractivity contribution < 1.29 is 30.3 Å². The minimum absolute atomic E-state index is 0. The van der Waals surface area contributed by atoms with Gasteiger partial charge in [0.25, 0.3) is 0 Å². The van der Waals surface area contributed by atoms with Crippen molar-refractivity contribution in [1.82, 2.24) is 4.98 Å². The second kappa shape index (κ2) is 8.38. The Morgan fingerprint density at radius 2 is 1.92 bits per heavy atom. The Bertz CT molecular complexity index is 214. The molecular formula is C8H11NO2Pd. The molecule has 4 heteroatoms. The molecule has 0 spiro atoms. The molecule has 1 heterocycles. The van der Waals surface area contributed by atoms with Crippen LogP contribution in [-0.2, 0) is 20.4 Å². The third-order valence-electron chi connectivity index (χ3n) is 0.884. The van der Waals surface area contributed by atoms with Crippen molar-refractivity contribution in [1.29, 1.82) is 0 Å². The van der Waals surface area contributed by atoms with E-state index in [1.165, 1.54) is 12.3 Å². The van der Waals surface area contributed by atoms with Gasteiger partial charge in [-0.2, -0.15) is 0 Å². The van der Waals surface area contributed by atoms with Crippen LogP contribution in [0.4, 0.5) is 0 Å². The fourth-order valence-corrected chi connectivity index (χ4v) is 0.489. The van der Waals surface area contributed by atoms with Gasteiger partial charge in [0.1, 0.15) is 5.69 Å². The maximum atomic E-state index is 10.1. The number of pyridine rings is 1. The van der Waals surface area contributed by atoms with Crippen LogP contribution in [0.25, 0.3) is 0 Å². The molecule has 0 radical (unpaired) electrons. The SMILES string of the molecule is O=C(O)c1ccccn1.[CH3-].[CH3-].[Pd+2]. The fraction of sp³-hybridized carbons (Fsp3) is 0. The molecule has 70 valence electrons. The number of carboxylic acid groups (broad SMARTS) is 1. The first kappa shape index (κ1) is 17.4. The maximum Gasteiger partial charge on any atom is 2.00 e. The van der Waals surface area contributed by atoms with Crippen LogP contribution >= 0.6 is 0 Å². The van der Waals surface area contributed by atoms with Gasteiger partial charge in [0.05, 0.1) is 0 Å². The zero-order chi connectivity index (χ0) is 6.69. The summed E-state index contributed by atoms with van der Waals surface area (Å²) in [6, 6.07) is 4.76. The molecule has 1 rings (SSSR count). The Kier molecular flexibility index (Phi) is 12.1. The summed E-state index contributed by atoms with van der Waals surface area (Å²) in [6.45, 7) is 0. The first-order valence-electron chi connectivity index (χ1n) is 2.45. The van der Waals surface area contributed by atoms with Crippen LogP contribution in [0.3, 0.4) is 0 Å². The van der Waals surface area contributed by atoms with Gasteiger partial charge < -0.3 is 20.0 Å². The summed E-state index contributed by atoms with van der Waals surface area (Å²) < 4.78 is 0. The van der Waals surface area contributed by atoms with Crippen LogP contribution in [-0.4, -0.2) is 16.1 Å². The molecule has 0 bridgehead atoms. The monoisotopic (exact) mass is 259 g/mol. The third-order valence-corrected chi connectivity index (χ3v) is 0.884. The molecule has 0 aliphatic carbocycles. The number of nitrogens with zero attached hydrogens (tertiary/aromatic N) is 1. The Morgan fingerprint density at radius 1 is 1.33 bits per heavy atom. The molecule has 3 nitrogen and oxygen atoms in total. The molecule has 0 saturated heterocycles. The third kappa shape index (κ3) is 5.00. The predicted octanol–water partition coefficient (Wildman–Crippen LogP) is 1.68. The zero-order valence-electron chi connectivity index (χ0n) is 6.93. The Balaban J connectivity index is -0.000000270. The maximum absolute atomic E-state index is 10.1. The standard InChI is InChI=1S/C6H5NO2.2CH3.Pd/c8-6(9)5-3-1-2-4-7-5;;;/h1-4H,(H,8,9);2*1H3;/q;2*-1;+2. The summed E-state index contributed by atoms with van der Waals surface area (Å²) >= 11 is 0. The predicted molar refractivity (Wildman–Crippen MR) is 44.0 cm³/mol. The second-order valence-electron chi connectivity index (χ2n) is 1.52. The second-order valence-corrected chi connectivity index (χ2v) is 1.52. The van der Waals surface area contributed by atoms with E-state index in [0.717, 1.165) is 0 Å². The van der Waals surface area contributed by atoms with Gasteiger partial charge in [-0.1, -0.05) is 6.07 Å². The fourth-order valence-electron chi connectivity index (χ4n) is 0.489.